The Kier molecular flexibility index (Phi) is 3.30. The normalized spacial score (nSPS) is 9.88. The highest BCUT2D eigenvalue weighted by Gasteiger charge is 2.06. The number of nitrogens with zero attached hydrogens (tertiary/aromatic N) is 2. The van der Waals surface area contributed by atoms with Crippen LogP contribution in [0, 0.1) is 0 Å². The number of aromatic hydroxyl groups is 1. The minimum atomic E-state index is -0.0285. The maximum Gasteiger partial charge on any atom is 0.163 e. The summed E-state index contributed by atoms with van der Waals surface area (Å²) in [5, 5.41) is 9.62. The predicted molar refractivity (Wildman–Crippen MR) is 60.7 cm³/mol. The van der Waals surface area contributed by atoms with Crippen molar-refractivity contribution in [1.29, 1.82) is 0 Å². The molecule has 17 heavy (non-hydrogen) atoms. The van der Waals surface area contributed by atoms with Crippen molar-refractivity contribution in [3.63, 3.8) is 0 Å². The summed E-state index contributed by atoms with van der Waals surface area (Å²) in [5.41, 5.74) is 0.550. The second kappa shape index (κ2) is 5.07. The van der Waals surface area contributed by atoms with Gasteiger partial charge in [-0.3, -0.25) is 4.79 Å². The minimum absolute atomic E-state index is 0.0285. The quantitative estimate of drug-likeness (QED) is 0.804. The van der Waals surface area contributed by atoms with Crippen LogP contribution >= 0.6 is 0 Å². The molecule has 2 rings (SSSR count). The Hall–Kier alpha value is -2.43. The van der Waals surface area contributed by atoms with Gasteiger partial charge in [-0.05, 0) is 12.1 Å². The minimum Gasteiger partial charge on any atom is -0.507 e. The van der Waals surface area contributed by atoms with Crippen LogP contribution in [0.1, 0.15) is 0 Å². The van der Waals surface area contributed by atoms with E-state index in [2.05, 4.69) is 9.97 Å². The average Bonchev–Trinajstić information content (AvgIpc) is 2.38. The molecule has 0 radical (unpaired) electrons. The number of para-hydroxylation sites is 1. The Labute approximate surface area is 97.7 Å². The first-order chi connectivity index (χ1) is 8.31. The van der Waals surface area contributed by atoms with Gasteiger partial charge in [-0.15, -0.1) is 0 Å². The zero-order chi connectivity index (χ0) is 12.1. The van der Waals surface area contributed by atoms with Crippen molar-refractivity contribution < 1.29 is 14.6 Å². The lowest BCUT2D eigenvalue weighted by Gasteiger charge is -2.04. The number of benzene rings is 1. The van der Waals surface area contributed by atoms with Crippen LogP contribution in [0.3, 0.4) is 0 Å². The third-order valence-electron chi connectivity index (χ3n) is 2.09. The van der Waals surface area contributed by atoms with Gasteiger partial charge in [-0.1, -0.05) is 12.1 Å². The van der Waals surface area contributed by atoms with E-state index >= 15 is 0 Å². The number of phenols is 1. The Morgan fingerprint density at radius 3 is 2.59 bits per heavy atom. The first kappa shape index (κ1) is 11.1. The molecule has 0 aliphatic heterocycles. The SMILES string of the molecule is O=CCOc1cnc(-c2ccccc2O)nc1. The maximum atomic E-state index is 10.1. The van der Waals surface area contributed by atoms with Crippen molar-refractivity contribution in [2.45, 2.75) is 0 Å². The van der Waals surface area contributed by atoms with Gasteiger partial charge in [0.1, 0.15) is 12.4 Å². The van der Waals surface area contributed by atoms with E-state index in [9.17, 15) is 9.90 Å². The molecular weight excluding hydrogens is 220 g/mol. The zero-order valence-corrected chi connectivity index (χ0v) is 8.91. The summed E-state index contributed by atoms with van der Waals surface area (Å²) in [6.07, 6.45) is 3.56. The molecule has 5 heteroatoms. The molecule has 0 fully saturated rings. The monoisotopic (exact) mass is 230 g/mol. The smallest absolute Gasteiger partial charge is 0.163 e. The van der Waals surface area contributed by atoms with Crippen LogP contribution in [0.4, 0.5) is 0 Å². The van der Waals surface area contributed by atoms with Crippen molar-refractivity contribution in [2.75, 3.05) is 6.61 Å². The standard InChI is InChI=1S/C12H10N2O3/c15-5-6-17-9-7-13-12(14-8-9)10-3-1-2-4-11(10)16/h1-5,7-8,16H,6H2. The maximum absolute atomic E-state index is 10.1. The van der Waals surface area contributed by atoms with Crippen molar-refractivity contribution in [3.8, 4) is 22.9 Å². The first-order valence-corrected chi connectivity index (χ1v) is 4.98. The van der Waals surface area contributed by atoms with E-state index in [0.717, 1.165) is 0 Å². The molecule has 0 amide bonds. The van der Waals surface area contributed by atoms with Gasteiger partial charge in [-0.25, -0.2) is 9.97 Å². The Morgan fingerprint density at radius 2 is 1.94 bits per heavy atom. The third kappa shape index (κ3) is 2.57. The van der Waals surface area contributed by atoms with Crippen molar-refractivity contribution in [1.82, 2.24) is 9.97 Å². The number of rotatable bonds is 4. The first-order valence-electron chi connectivity index (χ1n) is 4.98. The van der Waals surface area contributed by atoms with Gasteiger partial charge in [0.2, 0.25) is 0 Å². The Morgan fingerprint density at radius 1 is 1.24 bits per heavy atom. The van der Waals surface area contributed by atoms with Crippen LogP contribution in [-0.2, 0) is 4.79 Å². The molecule has 0 unspecified atom stereocenters. The molecular formula is C12H10N2O3. The van der Waals surface area contributed by atoms with E-state index in [0.29, 0.717) is 23.4 Å². The molecule has 0 saturated carbocycles. The summed E-state index contributed by atoms with van der Waals surface area (Å²) >= 11 is 0. The van der Waals surface area contributed by atoms with Crippen LogP contribution in [0.2, 0.25) is 0 Å². The van der Waals surface area contributed by atoms with Crippen LogP contribution in [-0.4, -0.2) is 28.0 Å². The number of carbonyl (C=O) groups excluding carboxylic acids is 1. The zero-order valence-electron chi connectivity index (χ0n) is 8.91. The van der Waals surface area contributed by atoms with E-state index in [4.69, 9.17) is 4.74 Å². The molecule has 2 aromatic rings. The van der Waals surface area contributed by atoms with Gasteiger partial charge in [0, 0.05) is 0 Å². The Bertz CT molecular complexity index is 511. The second-order valence-corrected chi connectivity index (χ2v) is 3.24. The number of ether oxygens (including phenoxy) is 1. The molecule has 0 aliphatic carbocycles. The topological polar surface area (TPSA) is 72.3 Å². The Balaban J connectivity index is 2.23. The molecule has 1 aromatic heterocycles. The summed E-state index contributed by atoms with van der Waals surface area (Å²) in [6, 6.07) is 6.79. The van der Waals surface area contributed by atoms with Crippen LogP contribution in [0.5, 0.6) is 11.5 Å². The molecule has 0 atom stereocenters. The van der Waals surface area contributed by atoms with Crippen molar-refractivity contribution in [2.24, 2.45) is 0 Å². The third-order valence-corrected chi connectivity index (χ3v) is 2.09. The fourth-order valence-corrected chi connectivity index (χ4v) is 1.32. The molecule has 1 heterocycles. The highest BCUT2D eigenvalue weighted by molar-refractivity contribution is 5.63. The number of carbonyl (C=O) groups is 1. The lowest BCUT2D eigenvalue weighted by Crippen LogP contribution is -1.99. The number of hydrogen-bond acceptors (Lipinski definition) is 5. The molecule has 0 aliphatic rings. The molecule has 1 aromatic carbocycles. The number of aldehydes is 1. The van der Waals surface area contributed by atoms with Crippen LogP contribution in [0.25, 0.3) is 11.4 Å². The lowest BCUT2D eigenvalue weighted by molar-refractivity contribution is -0.109. The summed E-state index contributed by atoms with van der Waals surface area (Å²) in [7, 11) is 0. The number of aromatic nitrogens is 2. The average molecular weight is 230 g/mol. The van der Waals surface area contributed by atoms with Gasteiger partial charge in [0.25, 0.3) is 0 Å². The number of phenolic OH excluding ortho intramolecular Hbond substituents is 1. The van der Waals surface area contributed by atoms with Crippen LogP contribution in [0.15, 0.2) is 36.7 Å². The van der Waals surface area contributed by atoms with Gasteiger partial charge in [0.05, 0.1) is 18.0 Å². The van der Waals surface area contributed by atoms with Crippen molar-refractivity contribution >= 4 is 6.29 Å². The van der Waals surface area contributed by atoms with Crippen LogP contribution < -0.4 is 4.74 Å². The van der Waals surface area contributed by atoms with E-state index in [1.807, 2.05) is 0 Å². The lowest BCUT2D eigenvalue weighted by atomic mass is 10.2. The molecule has 1 N–H and O–H groups in total. The van der Waals surface area contributed by atoms with E-state index in [1.54, 1.807) is 24.3 Å². The van der Waals surface area contributed by atoms with E-state index in [-0.39, 0.29) is 12.4 Å². The van der Waals surface area contributed by atoms with Crippen molar-refractivity contribution in [3.05, 3.63) is 36.7 Å². The fraction of sp³-hybridized carbons (Fsp3) is 0.0833. The highest BCUT2D eigenvalue weighted by Crippen LogP contribution is 2.25. The van der Waals surface area contributed by atoms with Gasteiger partial charge in [-0.2, -0.15) is 0 Å². The predicted octanol–water partition coefficient (Wildman–Crippen LogP) is 1.43. The van der Waals surface area contributed by atoms with Gasteiger partial charge >= 0.3 is 0 Å². The molecule has 86 valence electrons. The summed E-state index contributed by atoms with van der Waals surface area (Å²) in [5.74, 6) is 0.937. The number of hydrogen-bond donors (Lipinski definition) is 1. The fourth-order valence-electron chi connectivity index (χ4n) is 1.32. The van der Waals surface area contributed by atoms with E-state index in [1.165, 1.54) is 12.4 Å². The molecule has 0 saturated heterocycles. The molecule has 0 spiro atoms. The summed E-state index contributed by atoms with van der Waals surface area (Å²) in [4.78, 5) is 18.2. The van der Waals surface area contributed by atoms with E-state index < -0.39 is 0 Å². The largest absolute Gasteiger partial charge is 0.507 e. The van der Waals surface area contributed by atoms with Gasteiger partial charge < -0.3 is 9.84 Å². The molecule has 5 nitrogen and oxygen atoms in total. The summed E-state index contributed by atoms with van der Waals surface area (Å²) < 4.78 is 5.02. The second-order valence-electron chi connectivity index (χ2n) is 3.24. The molecule has 0 bridgehead atoms. The van der Waals surface area contributed by atoms with Gasteiger partial charge in [0.15, 0.2) is 17.9 Å². The summed E-state index contributed by atoms with van der Waals surface area (Å²) in [6.45, 7) is -0.0285. The highest BCUT2D eigenvalue weighted by atomic mass is 16.5.